The zero-order valence-electron chi connectivity index (χ0n) is 10.4. The van der Waals surface area contributed by atoms with E-state index in [-0.39, 0.29) is 18.0 Å². The molecule has 0 aliphatic rings. The predicted molar refractivity (Wildman–Crippen MR) is 72.2 cm³/mol. The third-order valence-electron chi connectivity index (χ3n) is 3.14. The number of benzene rings is 1. The molecule has 0 amide bonds. The fourth-order valence-corrected chi connectivity index (χ4v) is 2.90. The second-order valence-electron chi connectivity index (χ2n) is 4.43. The summed E-state index contributed by atoms with van der Waals surface area (Å²) in [5.41, 5.74) is 6.06. The van der Waals surface area contributed by atoms with Crippen LogP contribution in [0.15, 0.2) is 29.6 Å². The summed E-state index contributed by atoms with van der Waals surface area (Å²) in [6.45, 7) is 1.73. The van der Waals surface area contributed by atoms with E-state index in [1.165, 1.54) is 24.3 Å². The smallest absolute Gasteiger partial charge is 0.131 e. The third kappa shape index (κ3) is 2.83. The van der Waals surface area contributed by atoms with Crippen LogP contribution in [0, 0.1) is 18.6 Å². The highest BCUT2D eigenvalue weighted by Crippen LogP contribution is 2.34. The minimum atomic E-state index is -1.08. The van der Waals surface area contributed by atoms with Gasteiger partial charge in [0.1, 0.15) is 11.6 Å². The van der Waals surface area contributed by atoms with Crippen molar-refractivity contribution in [2.24, 2.45) is 5.73 Å². The highest BCUT2D eigenvalue weighted by atomic mass is 32.1. The van der Waals surface area contributed by atoms with E-state index in [0.29, 0.717) is 5.56 Å². The molecule has 0 bridgehead atoms. The van der Waals surface area contributed by atoms with Crippen LogP contribution in [0.25, 0.3) is 0 Å². The van der Waals surface area contributed by atoms with Crippen molar-refractivity contribution in [3.05, 3.63) is 57.3 Å². The summed E-state index contributed by atoms with van der Waals surface area (Å²) in [5, 5.41) is 12.2. The number of rotatable bonds is 4. The van der Waals surface area contributed by atoms with Crippen molar-refractivity contribution in [3.63, 3.8) is 0 Å². The molecule has 2 atom stereocenters. The Hall–Kier alpha value is -1.30. The molecule has 0 saturated heterocycles. The Balaban J connectivity index is 2.38. The molecule has 2 unspecified atom stereocenters. The van der Waals surface area contributed by atoms with Gasteiger partial charge in [-0.25, -0.2) is 8.78 Å². The largest absolute Gasteiger partial charge is 0.388 e. The van der Waals surface area contributed by atoms with Crippen LogP contribution in [0.1, 0.15) is 28.0 Å². The van der Waals surface area contributed by atoms with E-state index in [9.17, 15) is 13.9 Å². The summed E-state index contributed by atoms with van der Waals surface area (Å²) >= 11 is 1.46. The maximum Gasteiger partial charge on any atom is 0.131 e. The lowest BCUT2D eigenvalue weighted by Crippen LogP contribution is -2.20. The van der Waals surface area contributed by atoms with Crippen LogP contribution in [0.3, 0.4) is 0 Å². The number of hydrogen-bond acceptors (Lipinski definition) is 3. The maximum atomic E-state index is 13.8. The van der Waals surface area contributed by atoms with Gasteiger partial charge in [-0.2, -0.15) is 0 Å². The minimum Gasteiger partial charge on any atom is -0.388 e. The van der Waals surface area contributed by atoms with Gasteiger partial charge in [-0.3, -0.25) is 0 Å². The number of nitrogens with two attached hydrogens (primary N) is 1. The number of hydrogen-bond donors (Lipinski definition) is 2. The molecule has 3 N–H and O–H groups in total. The van der Waals surface area contributed by atoms with E-state index in [4.69, 9.17) is 5.73 Å². The molecule has 5 heteroatoms. The zero-order chi connectivity index (χ0) is 14.0. The van der Waals surface area contributed by atoms with E-state index < -0.39 is 17.7 Å². The van der Waals surface area contributed by atoms with Gasteiger partial charge in [-0.15, -0.1) is 11.3 Å². The van der Waals surface area contributed by atoms with Gasteiger partial charge in [0.05, 0.1) is 6.10 Å². The van der Waals surface area contributed by atoms with Crippen molar-refractivity contribution >= 4 is 11.3 Å². The third-order valence-corrected chi connectivity index (χ3v) is 4.14. The van der Waals surface area contributed by atoms with Gasteiger partial charge < -0.3 is 10.8 Å². The molecule has 1 aromatic carbocycles. The van der Waals surface area contributed by atoms with Crippen LogP contribution < -0.4 is 5.73 Å². The molecule has 2 nitrogen and oxygen atoms in total. The second kappa shape index (κ2) is 5.77. The predicted octanol–water partition coefficient (Wildman–Crippen LogP) is 3.11. The zero-order valence-corrected chi connectivity index (χ0v) is 11.3. The van der Waals surface area contributed by atoms with Gasteiger partial charge in [0, 0.05) is 29.0 Å². The van der Waals surface area contributed by atoms with Gasteiger partial charge in [0.25, 0.3) is 0 Å². The van der Waals surface area contributed by atoms with Crippen molar-refractivity contribution in [3.8, 4) is 0 Å². The normalized spacial score (nSPS) is 14.4. The summed E-state index contributed by atoms with van der Waals surface area (Å²) in [6, 6.07) is 5.84. The molecule has 0 saturated carbocycles. The SMILES string of the molecule is Cc1cc(C(O)C(CN)c2cccs2)c(F)cc1F. The standard InChI is InChI=1S/C14H15F2NOS/c1-8-5-9(12(16)6-11(8)15)14(18)10(7-17)13-3-2-4-19-13/h2-6,10,14,18H,7,17H2,1H3. The van der Waals surface area contributed by atoms with Crippen molar-refractivity contribution in [2.45, 2.75) is 18.9 Å². The average molecular weight is 283 g/mol. The van der Waals surface area contributed by atoms with Gasteiger partial charge >= 0.3 is 0 Å². The molecule has 19 heavy (non-hydrogen) atoms. The Labute approximate surface area is 114 Å². The summed E-state index contributed by atoms with van der Waals surface area (Å²) in [5.74, 6) is -1.75. The minimum absolute atomic E-state index is 0.0859. The molecule has 0 spiro atoms. The van der Waals surface area contributed by atoms with Crippen LogP contribution in [-0.2, 0) is 0 Å². The number of thiophene rings is 1. The Morgan fingerprint density at radius 1 is 1.32 bits per heavy atom. The lowest BCUT2D eigenvalue weighted by atomic mass is 9.93. The molecule has 1 aromatic heterocycles. The molecule has 0 radical (unpaired) electrons. The van der Waals surface area contributed by atoms with Crippen molar-refractivity contribution in [1.82, 2.24) is 0 Å². The van der Waals surface area contributed by atoms with Gasteiger partial charge in [-0.05, 0) is 30.0 Å². The average Bonchev–Trinajstić information content (AvgIpc) is 2.88. The van der Waals surface area contributed by atoms with E-state index in [1.807, 2.05) is 17.5 Å². The number of aryl methyl sites for hydroxylation is 1. The first kappa shape index (κ1) is 14.1. The van der Waals surface area contributed by atoms with E-state index in [0.717, 1.165) is 10.9 Å². The van der Waals surface area contributed by atoms with E-state index in [2.05, 4.69) is 0 Å². The van der Waals surface area contributed by atoms with Crippen LogP contribution >= 0.6 is 11.3 Å². The van der Waals surface area contributed by atoms with Crippen molar-refractivity contribution in [1.29, 1.82) is 0 Å². The molecule has 2 aromatic rings. The summed E-state index contributed by atoms with van der Waals surface area (Å²) in [6.07, 6.45) is -1.08. The molecule has 0 fully saturated rings. The fourth-order valence-electron chi connectivity index (χ4n) is 2.03. The number of halogens is 2. The van der Waals surface area contributed by atoms with Crippen LogP contribution in [0.5, 0.6) is 0 Å². The van der Waals surface area contributed by atoms with Gasteiger partial charge in [-0.1, -0.05) is 6.07 Å². The monoisotopic (exact) mass is 283 g/mol. The number of aliphatic hydroxyl groups excluding tert-OH is 1. The first-order valence-corrected chi connectivity index (χ1v) is 6.79. The van der Waals surface area contributed by atoms with E-state index >= 15 is 0 Å². The Morgan fingerprint density at radius 3 is 2.63 bits per heavy atom. The Bertz CT molecular complexity index is 557. The molecule has 0 aliphatic heterocycles. The molecule has 1 heterocycles. The first-order chi connectivity index (χ1) is 9.04. The van der Waals surface area contributed by atoms with Crippen molar-refractivity contribution in [2.75, 3.05) is 6.54 Å². The van der Waals surface area contributed by atoms with Crippen LogP contribution in [-0.4, -0.2) is 11.7 Å². The van der Waals surface area contributed by atoms with Gasteiger partial charge in [0.2, 0.25) is 0 Å². The lowest BCUT2D eigenvalue weighted by Gasteiger charge is -2.21. The fraction of sp³-hybridized carbons (Fsp3) is 0.286. The molecular formula is C14H15F2NOS. The van der Waals surface area contributed by atoms with Crippen molar-refractivity contribution < 1.29 is 13.9 Å². The summed E-state index contributed by atoms with van der Waals surface area (Å²) < 4.78 is 27.0. The first-order valence-electron chi connectivity index (χ1n) is 5.91. The molecular weight excluding hydrogens is 268 g/mol. The highest BCUT2D eigenvalue weighted by molar-refractivity contribution is 7.10. The number of aliphatic hydroxyl groups is 1. The molecule has 102 valence electrons. The highest BCUT2D eigenvalue weighted by Gasteiger charge is 2.25. The Kier molecular flexibility index (Phi) is 4.29. The molecule has 0 aliphatic carbocycles. The lowest BCUT2D eigenvalue weighted by molar-refractivity contribution is 0.144. The maximum absolute atomic E-state index is 13.8. The van der Waals surface area contributed by atoms with Crippen LogP contribution in [0.4, 0.5) is 8.78 Å². The quantitative estimate of drug-likeness (QED) is 0.905. The van der Waals surface area contributed by atoms with Gasteiger partial charge in [0.15, 0.2) is 0 Å². The molecule has 2 rings (SSSR count). The topological polar surface area (TPSA) is 46.2 Å². The van der Waals surface area contributed by atoms with Crippen LogP contribution in [0.2, 0.25) is 0 Å². The Morgan fingerprint density at radius 2 is 2.05 bits per heavy atom. The second-order valence-corrected chi connectivity index (χ2v) is 5.40. The van der Waals surface area contributed by atoms with E-state index in [1.54, 1.807) is 0 Å². The summed E-state index contributed by atoms with van der Waals surface area (Å²) in [4.78, 5) is 0.886. The summed E-state index contributed by atoms with van der Waals surface area (Å²) in [7, 11) is 0.